The molecule has 0 saturated carbocycles. The third-order valence-electron chi connectivity index (χ3n) is 2.73. The quantitative estimate of drug-likeness (QED) is 0.874. The van der Waals surface area contributed by atoms with E-state index in [4.69, 9.17) is 11.0 Å². The first-order valence-electron chi connectivity index (χ1n) is 5.82. The van der Waals surface area contributed by atoms with E-state index in [1.165, 1.54) is 0 Å². The Morgan fingerprint density at radius 2 is 1.95 bits per heavy atom. The standard InChI is InChI=1S/C15H13N3O/c16-9-12-2-1-3-14(8-12)18-10-11-4-6-13(7-5-11)15(17)19/h1-8,18H,10H2,(H2,17,19). The molecule has 0 aromatic heterocycles. The van der Waals surface area contributed by atoms with Gasteiger partial charge in [-0.05, 0) is 35.9 Å². The number of primary amides is 1. The van der Waals surface area contributed by atoms with Gasteiger partial charge in [-0.3, -0.25) is 4.79 Å². The number of hydrogen-bond donors (Lipinski definition) is 2. The van der Waals surface area contributed by atoms with Gasteiger partial charge in [0.05, 0.1) is 11.6 Å². The summed E-state index contributed by atoms with van der Waals surface area (Å²) in [5, 5.41) is 12.0. The summed E-state index contributed by atoms with van der Waals surface area (Å²) >= 11 is 0. The van der Waals surface area contributed by atoms with Crippen LogP contribution in [0, 0.1) is 11.3 Å². The SMILES string of the molecule is N#Cc1cccc(NCc2ccc(C(N)=O)cc2)c1. The van der Waals surface area contributed by atoms with E-state index in [0.717, 1.165) is 11.3 Å². The van der Waals surface area contributed by atoms with Crippen molar-refractivity contribution < 1.29 is 4.79 Å². The Hall–Kier alpha value is -2.80. The topological polar surface area (TPSA) is 78.9 Å². The maximum Gasteiger partial charge on any atom is 0.248 e. The minimum absolute atomic E-state index is 0.429. The van der Waals surface area contributed by atoms with Gasteiger partial charge in [0, 0.05) is 17.8 Å². The lowest BCUT2D eigenvalue weighted by Crippen LogP contribution is -2.10. The van der Waals surface area contributed by atoms with Crippen molar-refractivity contribution in [2.24, 2.45) is 5.73 Å². The van der Waals surface area contributed by atoms with Crippen LogP contribution in [-0.4, -0.2) is 5.91 Å². The van der Waals surface area contributed by atoms with Gasteiger partial charge in [-0.25, -0.2) is 0 Å². The number of benzene rings is 2. The third-order valence-corrected chi connectivity index (χ3v) is 2.73. The van der Waals surface area contributed by atoms with Gasteiger partial charge in [0.25, 0.3) is 0 Å². The number of nitrogens with two attached hydrogens (primary N) is 1. The van der Waals surface area contributed by atoms with Crippen molar-refractivity contribution in [3.05, 3.63) is 65.2 Å². The first-order chi connectivity index (χ1) is 9.19. The van der Waals surface area contributed by atoms with E-state index in [0.29, 0.717) is 17.7 Å². The lowest BCUT2D eigenvalue weighted by atomic mass is 10.1. The highest BCUT2D eigenvalue weighted by molar-refractivity contribution is 5.92. The monoisotopic (exact) mass is 251 g/mol. The molecule has 4 nitrogen and oxygen atoms in total. The van der Waals surface area contributed by atoms with E-state index in [1.807, 2.05) is 24.3 Å². The fourth-order valence-corrected chi connectivity index (χ4v) is 1.69. The minimum atomic E-state index is -0.429. The maximum absolute atomic E-state index is 10.9. The molecular weight excluding hydrogens is 238 g/mol. The van der Waals surface area contributed by atoms with Gasteiger partial charge in [-0.15, -0.1) is 0 Å². The van der Waals surface area contributed by atoms with Crippen LogP contribution >= 0.6 is 0 Å². The Bertz CT molecular complexity index is 627. The fourth-order valence-electron chi connectivity index (χ4n) is 1.69. The number of carbonyl (C=O) groups is 1. The first-order valence-corrected chi connectivity index (χ1v) is 5.82. The van der Waals surface area contributed by atoms with Crippen LogP contribution in [0.4, 0.5) is 5.69 Å². The maximum atomic E-state index is 10.9. The van der Waals surface area contributed by atoms with Crippen LogP contribution in [0.25, 0.3) is 0 Å². The number of nitrogens with one attached hydrogen (secondary N) is 1. The number of nitriles is 1. The molecule has 1 amide bonds. The van der Waals surface area contributed by atoms with Crippen molar-refractivity contribution in [2.75, 3.05) is 5.32 Å². The average Bonchev–Trinajstić information content (AvgIpc) is 2.46. The molecule has 0 aliphatic heterocycles. The molecule has 2 aromatic rings. The predicted molar refractivity (Wildman–Crippen MR) is 73.4 cm³/mol. The summed E-state index contributed by atoms with van der Waals surface area (Å²) < 4.78 is 0. The second kappa shape index (κ2) is 5.69. The molecule has 0 bridgehead atoms. The second-order valence-corrected chi connectivity index (χ2v) is 4.11. The summed E-state index contributed by atoms with van der Waals surface area (Å²) in [5.74, 6) is -0.429. The van der Waals surface area contributed by atoms with Gasteiger partial charge in [0.15, 0.2) is 0 Å². The minimum Gasteiger partial charge on any atom is -0.381 e. The van der Waals surface area contributed by atoms with Crippen molar-refractivity contribution in [1.82, 2.24) is 0 Å². The zero-order valence-electron chi connectivity index (χ0n) is 10.3. The highest BCUT2D eigenvalue weighted by atomic mass is 16.1. The van der Waals surface area contributed by atoms with Crippen molar-refractivity contribution >= 4 is 11.6 Å². The van der Waals surface area contributed by atoms with Crippen LogP contribution in [-0.2, 0) is 6.54 Å². The Kier molecular flexibility index (Phi) is 3.79. The molecule has 0 heterocycles. The van der Waals surface area contributed by atoms with Crippen molar-refractivity contribution in [1.29, 1.82) is 5.26 Å². The average molecular weight is 251 g/mol. The number of hydrogen-bond acceptors (Lipinski definition) is 3. The number of amides is 1. The molecule has 0 aliphatic carbocycles. The first kappa shape index (κ1) is 12.7. The van der Waals surface area contributed by atoms with E-state index in [-0.39, 0.29) is 0 Å². The molecule has 94 valence electrons. The van der Waals surface area contributed by atoms with Gasteiger partial charge in [0.1, 0.15) is 0 Å². The van der Waals surface area contributed by atoms with E-state index in [2.05, 4.69) is 11.4 Å². The summed E-state index contributed by atoms with van der Waals surface area (Å²) in [4.78, 5) is 10.9. The Balaban J connectivity index is 2.02. The number of nitrogens with zero attached hydrogens (tertiary/aromatic N) is 1. The van der Waals surface area contributed by atoms with Gasteiger partial charge in [-0.2, -0.15) is 5.26 Å². The van der Waals surface area contributed by atoms with Crippen molar-refractivity contribution in [3.8, 4) is 6.07 Å². The van der Waals surface area contributed by atoms with Crippen LogP contribution in [0.2, 0.25) is 0 Å². The highest BCUT2D eigenvalue weighted by Crippen LogP contribution is 2.12. The third kappa shape index (κ3) is 3.33. The molecule has 0 unspecified atom stereocenters. The molecule has 0 aliphatic rings. The molecule has 3 N–H and O–H groups in total. The fraction of sp³-hybridized carbons (Fsp3) is 0.0667. The van der Waals surface area contributed by atoms with Gasteiger partial charge in [0.2, 0.25) is 5.91 Å². The second-order valence-electron chi connectivity index (χ2n) is 4.11. The van der Waals surface area contributed by atoms with Gasteiger partial charge >= 0.3 is 0 Å². The summed E-state index contributed by atoms with van der Waals surface area (Å²) in [7, 11) is 0. The van der Waals surface area contributed by atoms with Gasteiger partial charge < -0.3 is 11.1 Å². The summed E-state index contributed by atoms with van der Waals surface area (Å²) in [6, 6.07) is 16.5. The molecule has 2 aromatic carbocycles. The number of anilines is 1. The molecule has 19 heavy (non-hydrogen) atoms. The lowest BCUT2D eigenvalue weighted by Gasteiger charge is -2.07. The van der Waals surface area contributed by atoms with Crippen molar-refractivity contribution in [3.63, 3.8) is 0 Å². The van der Waals surface area contributed by atoms with Crippen LogP contribution < -0.4 is 11.1 Å². The molecule has 0 saturated heterocycles. The largest absolute Gasteiger partial charge is 0.381 e. The van der Waals surface area contributed by atoms with Gasteiger partial charge in [-0.1, -0.05) is 18.2 Å². The molecular formula is C15H13N3O. The molecule has 0 radical (unpaired) electrons. The molecule has 4 heteroatoms. The molecule has 0 atom stereocenters. The van der Waals surface area contributed by atoms with E-state index in [1.54, 1.807) is 24.3 Å². The van der Waals surface area contributed by atoms with Crippen molar-refractivity contribution in [2.45, 2.75) is 6.54 Å². The Morgan fingerprint density at radius 3 is 2.58 bits per heavy atom. The molecule has 0 fully saturated rings. The number of rotatable bonds is 4. The molecule has 0 spiro atoms. The van der Waals surface area contributed by atoms with Crippen LogP contribution in [0.3, 0.4) is 0 Å². The Labute approximate surface area is 111 Å². The lowest BCUT2D eigenvalue weighted by molar-refractivity contribution is 0.100. The summed E-state index contributed by atoms with van der Waals surface area (Å²) in [5.41, 5.74) is 8.21. The zero-order valence-corrected chi connectivity index (χ0v) is 10.3. The normalized spacial score (nSPS) is 9.63. The van der Waals surface area contributed by atoms with Crippen LogP contribution in [0.15, 0.2) is 48.5 Å². The van der Waals surface area contributed by atoms with Crippen LogP contribution in [0.1, 0.15) is 21.5 Å². The molecule has 2 rings (SSSR count). The van der Waals surface area contributed by atoms with E-state index >= 15 is 0 Å². The highest BCUT2D eigenvalue weighted by Gasteiger charge is 2.00. The van der Waals surface area contributed by atoms with Crippen LogP contribution in [0.5, 0.6) is 0 Å². The zero-order chi connectivity index (χ0) is 13.7. The Morgan fingerprint density at radius 1 is 1.21 bits per heavy atom. The number of carbonyl (C=O) groups excluding carboxylic acids is 1. The van der Waals surface area contributed by atoms with E-state index in [9.17, 15) is 4.79 Å². The van der Waals surface area contributed by atoms with E-state index < -0.39 is 5.91 Å². The summed E-state index contributed by atoms with van der Waals surface area (Å²) in [6.45, 7) is 0.619. The smallest absolute Gasteiger partial charge is 0.248 e. The predicted octanol–water partition coefficient (Wildman–Crippen LogP) is 2.27. The summed E-state index contributed by atoms with van der Waals surface area (Å²) in [6.07, 6.45) is 0.